The molecule has 3 aromatic rings. The monoisotopic (exact) mass is 266 g/mol. The minimum absolute atomic E-state index is 0.00133. The predicted octanol–water partition coefficient (Wildman–Crippen LogP) is 3.92. The number of rotatable bonds is 3. The number of benzene rings is 2. The molecular weight excluding hydrogens is 256 g/mol. The number of nitrogens with zero attached hydrogens (tertiary/aromatic N) is 2. The normalized spacial score (nSPS) is 10.4. The highest BCUT2D eigenvalue weighted by Gasteiger charge is 2.21. The van der Waals surface area contributed by atoms with Gasteiger partial charge in [0.1, 0.15) is 5.69 Å². The minimum Gasteiger partial charge on any atom is -0.443 e. The van der Waals surface area contributed by atoms with Crippen molar-refractivity contribution in [2.75, 3.05) is 0 Å². The number of oxazole rings is 1. The summed E-state index contributed by atoms with van der Waals surface area (Å²) >= 11 is 0. The first-order chi connectivity index (χ1) is 9.77. The van der Waals surface area contributed by atoms with Gasteiger partial charge in [0.2, 0.25) is 0 Å². The molecule has 0 aliphatic carbocycles. The lowest BCUT2D eigenvalue weighted by Crippen LogP contribution is -1.92. The Morgan fingerprint density at radius 3 is 2.45 bits per heavy atom. The van der Waals surface area contributed by atoms with Crippen LogP contribution in [0.3, 0.4) is 0 Å². The van der Waals surface area contributed by atoms with Gasteiger partial charge in [-0.3, -0.25) is 10.1 Å². The number of nitro groups is 1. The summed E-state index contributed by atoms with van der Waals surface area (Å²) in [6.07, 6.45) is 1.30. The first-order valence-electron chi connectivity index (χ1n) is 6.00. The average Bonchev–Trinajstić information content (AvgIpc) is 2.97. The van der Waals surface area contributed by atoms with Gasteiger partial charge in [-0.2, -0.15) is 0 Å². The molecule has 0 amide bonds. The molecule has 0 bridgehead atoms. The van der Waals surface area contributed by atoms with Crippen LogP contribution in [0.25, 0.3) is 22.6 Å². The van der Waals surface area contributed by atoms with Crippen LogP contribution in [0.5, 0.6) is 0 Å². The van der Waals surface area contributed by atoms with E-state index in [-0.39, 0.29) is 5.69 Å². The highest BCUT2D eigenvalue weighted by atomic mass is 16.6. The highest BCUT2D eigenvalue weighted by Crippen LogP contribution is 2.36. The van der Waals surface area contributed by atoms with Gasteiger partial charge in [0.05, 0.1) is 10.5 Å². The van der Waals surface area contributed by atoms with Crippen molar-refractivity contribution in [3.05, 3.63) is 71.1 Å². The van der Waals surface area contributed by atoms with E-state index >= 15 is 0 Å². The van der Waals surface area contributed by atoms with Crippen LogP contribution >= 0.6 is 0 Å². The van der Waals surface area contributed by atoms with Gasteiger partial charge >= 0.3 is 0 Å². The lowest BCUT2D eigenvalue weighted by atomic mass is 10.0. The second kappa shape index (κ2) is 4.97. The molecule has 0 unspecified atom stereocenters. The van der Waals surface area contributed by atoms with Crippen molar-refractivity contribution in [3.63, 3.8) is 0 Å². The zero-order valence-electron chi connectivity index (χ0n) is 10.4. The molecule has 0 saturated carbocycles. The zero-order chi connectivity index (χ0) is 13.9. The summed E-state index contributed by atoms with van der Waals surface area (Å²) in [4.78, 5) is 14.9. The molecule has 5 nitrogen and oxygen atoms in total. The molecule has 0 spiro atoms. The van der Waals surface area contributed by atoms with Gasteiger partial charge in [-0.25, -0.2) is 4.98 Å². The number of para-hydroxylation sites is 1. The van der Waals surface area contributed by atoms with Gasteiger partial charge in [-0.15, -0.1) is 0 Å². The molecule has 98 valence electrons. The summed E-state index contributed by atoms with van der Waals surface area (Å²) in [5.74, 6) is 0.406. The van der Waals surface area contributed by atoms with Gasteiger partial charge in [-0.05, 0) is 6.07 Å². The van der Waals surface area contributed by atoms with Crippen LogP contribution in [0, 0.1) is 10.1 Å². The molecule has 20 heavy (non-hydrogen) atoms. The van der Waals surface area contributed by atoms with Crippen molar-refractivity contribution in [3.8, 4) is 22.6 Å². The van der Waals surface area contributed by atoms with Crippen molar-refractivity contribution in [2.24, 2.45) is 0 Å². The molecule has 0 aliphatic heterocycles. The van der Waals surface area contributed by atoms with E-state index in [9.17, 15) is 10.1 Å². The fourth-order valence-corrected chi connectivity index (χ4v) is 2.06. The van der Waals surface area contributed by atoms with Crippen LogP contribution in [0.1, 0.15) is 0 Å². The average molecular weight is 266 g/mol. The molecule has 3 rings (SSSR count). The maximum atomic E-state index is 11.1. The van der Waals surface area contributed by atoms with Crippen LogP contribution in [-0.4, -0.2) is 9.91 Å². The predicted molar refractivity (Wildman–Crippen MR) is 74.0 cm³/mol. The molecule has 0 radical (unpaired) electrons. The molecule has 1 heterocycles. The van der Waals surface area contributed by atoms with Crippen LogP contribution < -0.4 is 0 Å². The van der Waals surface area contributed by atoms with E-state index in [0.717, 1.165) is 5.56 Å². The molecule has 0 atom stereocenters. The number of hydrogen-bond acceptors (Lipinski definition) is 4. The summed E-state index contributed by atoms with van der Waals surface area (Å²) in [6.45, 7) is 0. The molecule has 5 heteroatoms. The molecule has 1 aromatic heterocycles. The van der Waals surface area contributed by atoms with Crippen LogP contribution in [0.4, 0.5) is 5.69 Å². The van der Waals surface area contributed by atoms with E-state index < -0.39 is 4.92 Å². The van der Waals surface area contributed by atoms with E-state index in [0.29, 0.717) is 17.0 Å². The topological polar surface area (TPSA) is 69.2 Å². The Balaban J connectivity index is 2.18. The highest BCUT2D eigenvalue weighted by molar-refractivity contribution is 5.81. The SMILES string of the molecule is O=[N+]([O-])c1ccccc1-c1ocnc1-c1ccccc1. The second-order valence-corrected chi connectivity index (χ2v) is 4.17. The standard InChI is InChI=1S/C15H10N2O3/c18-17(19)13-9-5-4-8-12(13)15-14(16-10-20-15)11-6-2-1-3-7-11/h1-10H. The fraction of sp³-hybridized carbons (Fsp3) is 0. The van der Waals surface area contributed by atoms with Crippen molar-refractivity contribution in [1.29, 1.82) is 0 Å². The fourth-order valence-electron chi connectivity index (χ4n) is 2.06. The van der Waals surface area contributed by atoms with Gasteiger partial charge in [0.25, 0.3) is 5.69 Å². The first kappa shape index (κ1) is 12.1. The first-order valence-corrected chi connectivity index (χ1v) is 6.00. The number of hydrogen-bond donors (Lipinski definition) is 0. The quantitative estimate of drug-likeness (QED) is 0.532. The van der Waals surface area contributed by atoms with Gasteiger partial charge < -0.3 is 4.42 Å². The minimum atomic E-state index is -0.424. The van der Waals surface area contributed by atoms with E-state index in [1.165, 1.54) is 12.5 Å². The van der Waals surface area contributed by atoms with Crippen LogP contribution in [-0.2, 0) is 0 Å². The van der Waals surface area contributed by atoms with Crippen molar-refractivity contribution < 1.29 is 9.34 Å². The molecular formula is C15H10N2O3. The third-order valence-corrected chi connectivity index (χ3v) is 2.96. The molecule has 0 saturated heterocycles. The number of nitro benzene ring substituents is 1. The Labute approximate surface area is 114 Å². The lowest BCUT2D eigenvalue weighted by molar-refractivity contribution is -0.384. The Kier molecular flexibility index (Phi) is 3.01. The van der Waals surface area contributed by atoms with E-state index in [2.05, 4.69) is 4.98 Å². The summed E-state index contributed by atoms with van der Waals surface area (Å²) in [7, 11) is 0. The van der Waals surface area contributed by atoms with Gasteiger partial charge in [-0.1, -0.05) is 42.5 Å². The second-order valence-electron chi connectivity index (χ2n) is 4.17. The smallest absolute Gasteiger partial charge is 0.280 e. The van der Waals surface area contributed by atoms with Crippen molar-refractivity contribution >= 4 is 5.69 Å². The van der Waals surface area contributed by atoms with Crippen LogP contribution in [0.15, 0.2) is 65.4 Å². The molecule has 0 N–H and O–H groups in total. The van der Waals surface area contributed by atoms with Gasteiger partial charge in [0.15, 0.2) is 12.2 Å². The largest absolute Gasteiger partial charge is 0.443 e. The van der Waals surface area contributed by atoms with Gasteiger partial charge in [0, 0.05) is 11.6 Å². The molecule has 0 fully saturated rings. The lowest BCUT2D eigenvalue weighted by Gasteiger charge is -2.02. The Hall–Kier alpha value is -2.95. The Bertz CT molecular complexity index is 751. The molecule has 2 aromatic carbocycles. The third-order valence-electron chi connectivity index (χ3n) is 2.96. The zero-order valence-corrected chi connectivity index (χ0v) is 10.4. The summed E-state index contributed by atoms with van der Waals surface area (Å²) in [5.41, 5.74) is 1.88. The molecule has 0 aliphatic rings. The summed E-state index contributed by atoms with van der Waals surface area (Å²) in [6, 6.07) is 15.9. The summed E-state index contributed by atoms with van der Waals surface area (Å²) < 4.78 is 5.38. The Morgan fingerprint density at radius 1 is 1.00 bits per heavy atom. The van der Waals surface area contributed by atoms with E-state index in [1.807, 2.05) is 30.3 Å². The van der Waals surface area contributed by atoms with Crippen LogP contribution in [0.2, 0.25) is 0 Å². The number of aromatic nitrogens is 1. The Morgan fingerprint density at radius 2 is 1.70 bits per heavy atom. The van der Waals surface area contributed by atoms with Crippen molar-refractivity contribution in [2.45, 2.75) is 0 Å². The van der Waals surface area contributed by atoms with E-state index in [1.54, 1.807) is 18.2 Å². The van der Waals surface area contributed by atoms with E-state index in [4.69, 9.17) is 4.42 Å². The van der Waals surface area contributed by atoms with Crippen molar-refractivity contribution in [1.82, 2.24) is 4.98 Å². The third kappa shape index (κ3) is 2.05. The summed E-state index contributed by atoms with van der Waals surface area (Å²) in [5, 5.41) is 11.1. The maximum Gasteiger partial charge on any atom is 0.280 e. The maximum absolute atomic E-state index is 11.1.